The molecule has 256 valence electrons. The highest BCUT2D eigenvalue weighted by atomic mass is 19.1. The van der Waals surface area contributed by atoms with E-state index in [1.165, 1.54) is 12.1 Å². The molecule has 0 atom stereocenters. The molecule has 0 spiro atoms. The molecule has 10 nitrogen and oxygen atoms in total. The van der Waals surface area contributed by atoms with Crippen LogP contribution < -0.4 is 0 Å². The van der Waals surface area contributed by atoms with Gasteiger partial charge in [0.25, 0.3) is 0 Å². The molecular weight excluding hydrogens is 659 g/mol. The smallest absolute Gasteiger partial charge is 0.180 e. The van der Waals surface area contributed by atoms with Gasteiger partial charge in [0.2, 0.25) is 0 Å². The van der Waals surface area contributed by atoms with E-state index in [4.69, 9.17) is 0 Å². The highest BCUT2D eigenvalue weighted by molar-refractivity contribution is 5.64. The summed E-state index contributed by atoms with van der Waals surface area (Å²) in [4.78, 5) is 26.2. The summed E-state index contributed by atoms with van der Waals surface area (Å²) in [6.07, 6.45) is 6.69. The van der Waals surface area contributed by atoms with Gasteiger partial charge in [0, 0.05) is 47.3 Å². The van der Waals surface area contributed by atoms with E-state index in [1.54, 1.807) is 70.5 Å². The summed E-state index contributed by atoms with van der Waals surface area (Å²) < 4.78 is 31.7. The number of benzene rings is 2. The highest BCUT2D eigenvalue weighted by Crippen LogP contribution is 2.26. The minimum atomic E-state index is -0.266. The van der Waals surface area contributed by atoms with Gasteiger partial charge in [-0.1, -0.05) is 48.5 Å². The maximum atomic E-state index is 14.1. The largest absolute Gasteiger partial charge is 0.258 e. The molecule has 0 saturated heterocycles. The van der Waals surface area contributed by atoms with Crippen LogP contribution in [-0.2, 0) is 13.1 Å². The van der Waals surface area contributed by atoms with Crippen molar-refractivity contribution in [2.45, 2.75) is 26.9 Å². The average molecular weight is 691 g/mol. The summed E-state index contributed by atoms with van der Waals surface area (Å²) in [7, 11) is 0. The first-order valence-electron chi connectivity index (χ1n) is 16.5. The number of hydrogen-bond donors (Lipinski definition) is 0. The number of aryl methyl sites for hydroxylation is 2. The molecule has 0 fully saturated rings. The Morgan fingerprint density at radius 3 is 1.52 bits per heavy atom. The first-order chi connectivity index (χ1) is 25.4. The van der Waals surface area contributed by atoms with Crippen molar-refractivity contribution in [1.82, 2.24) is 49.5 Å². The van der Waals surface area contributed by atoms with Crippen LogP contribution >= 0.6 is 0 Å². The van der Waals surface area contributed by atoms with E-state index in [2.05, 4.69) is 40.1 Å². The summed E-state index contributed by atoms with van der Waals surface area (Å²) in [5.41, 5.74) is 7.29. The molecule has 0 amide bonds. The molecule has 0 aliphatic rings. The predicted molar refractivity (Wildman–Crippen MR) is 193 cm³/mol. The molecule has 0 unspecified atom stereocenters. The Bertz CT molecular complexity index is 2430. The summed E-state index contributed by atoms with van der Waals surface area (Å²) in [6, 6.07) is 32.2. The van der Waals surface area contributed by atoms with Crippen LogP contribution in [0.25, 0.3) is 45.8 Å². The molecule has 0 aliphatic heterocycles. The Balaban J connectivity index is 0.000000162. The third kappa shape index (κ3) is 7.81. The predicted octanol–water partition coefficient (Wildman–Crippen LogP) is 7.80. The fraction of sp³-hybridized carbons (Fsp3) is 0.100. The standard InChI is InChI=1S/2C20H16FN5/c1-14-6-4-9-17(24-14)19-12-18(20-22-10-5-11-23-20)25-26(19)13-15-7-2-3-8-16(15)21;1-14-6-4-9-17(24-14)18-12-19(20-22-10-5-11-23-20)26(25-18)13-15-7-2-3-8-16(15)21/h2*2-12H,13H2,1H3. The van der Waals surface area contributed by atoms with Gasteiger partial charge in [-0.2, -0.15) is 10.2 Å². The lowest BCUT2D eigenvalue weighted by Gasteiger charge is -2.08. The van der Waals surface area contributed by atoms with Crippen molar-refractivity contribution >= 4 is 0 Å². The van der Waals surface area contributed by atoms with Crippen molar-refractivity contribution in [3.8, 4) is 45.8 Å². The fourth-order valence-corrected chi connectivity index (χ4v) is 5.51. The molecule has 8 aromatic rings. The molecule has 6 heterocycles. The molecule has 6 aromatic heterocycles. The number of rotatable bonds is 8. The van der Waals surface area contributed by atoms with Gasteiger partial charge < -0.3 is 0 Å². The van der Waals surface area contributed by atoms with E-state index in [-0.39, 0.29) is 18.2 Å². The van der Waals surface area contributed by atoms with Crippen molar-refractivity contribution in [3.63, 3.8) is 0 Å². The van der Waals surface area contributed by atoms with Crippen LogP contribution in [0.5, 0.6) is 0 Å². The molecule has 2 aromatic carbocycles. The van der Waals surface area contributed by atoms with Gasteiger partial charge in [-0.3, -0.25) is 19.3 Å². The van der Waals surface area contributed by atoms with Gasteiger partial charge in [-0.25, -0.2) is 28.7 Å². The molecule has 8 rings (SSSR count). The molecule has 0 bridgehead atoms. The first-order valence-corrected chi connectivity index (χ1v) is 16.5. The van der Waals surface area contributed by atoms with E-state index in [0.29, 0.717) is 46.4 Å². The Morgan fingerprint density at radius 2 is 0.942 bits per heavy atom. The first kappa shape index (κ1) is 33.7. The van der Waals surface area contributed by atoms with Crippen molar-refractivity contribution < 1.29 is 8.78 Å². The third-order valence-corrected chi connectivity index (χ3v) is 8.01. The summed E-state index contributed by atoms with van der Waals surface area (Å²) in [6.45, 7) is 4.44. The Morgan fingerprint density at radius 1 is 0.462 bits per heavy atom. The number of aromatic nitrogens is 10. The van der Waals surface area contributed by atoms with E-state index in [9.17, 15) is 8.78 Å². The van der Waals surface area contributed by atoms with Gasteiger partial charge in [0.05, 0.1) is 30.2 Å². The second-order valence-corrected chi connectivity index (χ2v) is 11.8. The van der Waals surface area contributed by atoms with Crippen LogP contribution in [0.15, 0.2) is 134 Å². The zero-order valence-electron chi connectivity index (χ0n) is 28.3. The quantitative estimate of drug-likeness (QED) is 0.159. The molecule has 12 heteroatoms. The Hall–Kier alpha value is -6.82. The van der Waals surface area contributed by atoms with Gasteiger partial charge >= 0.3 is 0 Å². The van der Waals surface area contributed by atoms with Gasteiger partial charge in [-0.15, -0.1) is 0 Å². The monoisotopic (exact) mass is 690 g/mol. The van der Waals surface area contributed by atoms with Crippen molar-refractivity contribution in [2.75, 3.05) is 0 Å². The summed E-state index contributed by atoms with van der Waals surface area (Å²) >= 11 is 0. The van der Waals surface area contributed by atoms with Crippen LogP contribution in [-0.4, -0.2) is 49.5 Å². The van der Waals surface area contributed by atoms with Crippen molar-refractivity contribution in [1.29, 1.82) is 0 Å². The SMILES string of the molecule is Cc1cccc(-c2cc(-c3ncccn3)n(Cc3ccccc3F)n2)n1.Cc1cccc(-c2cc(-c3ncccn3)nn2Cc2ccccc2F)n1. The van der Waals surface area contributed by atoms with Crippen molar-refractivity contribution in [2.24, 2.45) is 0 Å². The average Bonchev–Trinajstić information content (AvgIpc) is 3.79. The van der Waals surface area contributed by atoms with Crippen LogP contribution in [0.4, 0.5) is 8.78 Å². The Labute approximate surface area is 298 Å². The van der Waals surface area contributed by atoms with E-state index < -0.39 is 0 Å². The number of nitrogens with zero attached hydrogens (tertiary/aromatic N) is 10. The maximum Gasteiger partial charge on any atom is 0.180 e. The highest BCUT2D eigenvalue weighted by Gasteiger charge is 2.17. The minimum absolute atomic E-state index is 0.260. The normalized spacial score (nSPS) is 10.8. The van der Waals surface area contributed by atoms with Crippen LogP contribution in [0.3, 0.4) is 0 Å². The van der Waals surface area contributed by atoms with Crippen LogP contribution in [0.1, 0.15) is 22.5 Å². The van der Waals surface area contributed by atoms with Crippen LogP contribution in [0, 0.1) is 25.5 Å². The summed E-state index contributed by atoms with van der Waals surface area (Å²) in [5.74, 6) is 0.533. The molecule has 0 aliphatic carbocycles. The van der Waals surface area contributed by atoms with E-state index in [0.717, 1.165) is 28.5 Å². The van der Waals surface area contributed by atoms with E-state index >= 15 is 0 Å². The molecule has 0 N–H and O–H groups in total. The second kappa shape index (κ2) is 15.4. The van der Waals surface area contributed by atoms with E-state index in [1.807, 2.05) is 74.5 Å². The number of pyridine rings is 2. The lowest BCUT2D eigenvalue weighted by Crippen LogP contribution is -2.07. The zero-order chi connectivity index (χ0) is 35.9. The van der Waals surface area contributed by atoms with Gasteiger partial charge in [0.1, 0.15) is 28.7 Å². The number of halogens is 2. The Kier molecular flexibility index (Phi) is 9.96. The number of hydrogen-bond acceptors (Lipinski definition) is 8. The second-order valence-electron chi connectivity index (χ2n) is 11.8. The van der Waals surface area contributed by atoms with Crippen LogP contribution in [0.2, 0.25) is 0 Å². The zero-order valence-corrected chi connectivity index (χ0v) is 28.3. The van der Waals surface area contributed by atoms with Gasteiger partial charge in [-0.05, 0) is 74.5 Å². The minimum Gasteiger partial charge on any atom is -0.258 e. The molecule has 0 saturated carbocycles. The summed E-state index contributed by atoms with van der Waals surface area (Å²) in [5, 5.41) is 9.25. The molecular formula is C40H32F2N10. The topological polar surface area (TPSA) is 113 Å². The molecule has 0 radical (unpaired) electrons. The lowest BCUT2D eigenvalue weighted by molar-refractivity contribution is 0.586. The van der Waals surface area contributed by atoms with Gasteiger partial charge in [0.15, 0.2) is 11.6 Å². The lowest BCUT2D eigenvalue weighted by atomic mass is 10.2. The molecule has 52 heavy (non-hydrogen) atoms. The third-order valence-electron chi connectivity index (χ3n) is 8.01. The maximum absolute atomic E-state index is 14.1. The van der Waals surface area contributed by atoms with Crippen molar-refractivity contribution in [3.05, 3.63) is 168 Å². The fourth-order valence-electron chi connectivity index (χ4n) is 5.51.